The first-order valence-electron chi connectivity index (χ1n) is 12.9. The highest BCUT2D eigenvalue weighted by molar-refractivity contribution is 5.73. The number of nitrogens with one attached hydrogen (secondary N) is 1. The average Bonchev–Trinajstić information content (AvgIpc) is 3.29. The van der Waals surface area contributed by atoms with Crippen LogP contribution in [-0.2, 0) is 0 Å². The summed E-state index contributed by atoms with van der Waals surface area (Å²) in [6, 6.07) is 8.15. The van der Waals surface area contributed by atoms with Crippen molar-refractivity contribution in [2.45, 2.75) is 101 Å². The predicted octanol–water partition coefficient (Wildman–Crippen LogP) is 7.48. The molecule has 2 unspecified atom stereocenters. The van der Waals surface area contributed by atoms with Crippen LogP contribution >= 0.6 is 0 Å². The van der Waals surface area contributed by atoms with Crippen molar-refractivity contribution in [1.82, 2.24) is 14.7 Å². The van der Waals surface area contributed by atoms with Crippen molar-refractivity contribution in [2.75, 3.05) is 5.32 Å². The lowest BCUT2D eigenvalue weighted by Gasteiger charge is -2.44. The molecule has 184 valence electrons. The molecule has 34 heavy (non-hydrogen) atoms. The number of aromatic nitrogens is 2. The van der Waals surface area contributed by atoms with E-state index in [1.54, 1.807) is 6.20 Å². The summed E-state index contributed by atoms with van der Waals surface area (Å²) in [5.41, 5.74) is 2.41. The molecule has 0 radical (unpaired) electrons. The Bertz CT molecular complexity index is 954. The summed E-state index contributed by atoms with van der Waals surface area (Å²) in [7, 11) is 0. The van der Waals surface area contributed by atoms with Crippen LogP contribution in [0.5, 0.6) is 0 Å². The van der Waals surface area contributed by atoms with Crippen molar-refractivity contribution in [1.29, 1.82) is 0 Å². The molecule has 2 saturated carbocycles. The number of fused-ring (bicyclic) bond motifs is 1. The Morgan fingerprint density at radius 2 is 1.53 bits per heavy atom. The van der Waals surface area contributed by atoms with E-state index >= 15 is 0 Å². The molecule has 2 fully saturated rings. The maximum Gasteiger partial charge on any atom is 0.410 e. The highest BCUT2D eigenvalue weighted by Crippen LogP contribution is 2.46. The second-order valence-electron chi connectivity index (χ2n) is 10.2. The lowest BCUT2D eigenvalue weighted by atomic mass is 9.87. The first-order chi connectivity index (χ1) is 16.4. The number of hydrogen-bond donors (Lipinski definition) is 1. The van der Waals surface area contributed by atoms with Gasteiger partial charge in [0.1, 0.15) is 5.82 Å². The van der Waals surface area contributed by atoms with Gasteiger partial charge in [-0.15, -0.1) is 0 Å². The fraction of sp³-hybridized carbons (Fsp3) is 0.593. The van der Waals surface area contributed by atoms with E-state index in [4.69, 9.17) is 0 Å². The largest absolute Gasteiger partial charge is 0.410 e. The Labute approximate surface area is 200 Å². The molecule has 2 atom stereocenters. The van der Waals surface area contributed by atoms with Gasteiger partial charge in [-0.05, 0) is 31.2 Å². The van der Waals surface area contributed by atoms with E-state index in [-0.39, 0.29) is 6.42 Å². The molecule has 0 amide bonds. The van der Waals surface area contributed by atoms with Gasteiger partial charge in [0, 0.05) is 24.2 Å². The Morgan fingerprint density at radius 1 is 0.941 bits per heavy atom. The van der Waals surface area contributed by atoms with E-state index in [0.717, 1.165) is 41.6 Å². The molecule has 0 saturated heterocycles. The fourth-order valence-electron chi connectivity index (χ4n) is 6.27. The number of halogens is 3. The van der Waals surface area contributed by atoms with Gasteiger partial charge in [-0.25, -0.2) is 4.68 Å². The molecule has 1 aromatic carbocycles. The third-order valence-electron chi connectivity index (χ3n) is 8.00. The molecule has 4 nitrogen and oxygen atoms in total. The number of nitrogens with zero attached hydrogens (tertiary/aromatic N) is 3. The lowest BCUT2D eigenvalue weighted by Crippen LogP contribution is -2.44. The first-order valence-corrected chi connectivity index (χ1v) is 12.9. The molecular weight excluding hydrogens is 437 g/mol. The van der Waals surface area contributed by atoms with E-state index in [1.165, 1.54) is 38.5 Å². The van der Waals surface area contributed by atoms with Crippen LogP contribution < -0.4 is 5.32 Å². The van der Waals surface area contributed by atoms with Crippen LogP contribution in [0.2, 0.25) is 0 Å². The maximum absolute atomic E-state index is 14.1. The third kappa shape index (κ3) is 4.58. The van der Waals surface area contributed by atoms with Gasteiger partial charge in [0.25, 0.3) is 0 Å². The van der Waals surface area contributed by atoms with Crippen LogP contribution in [0.4, 0.5) is 19.0 Å². The van der Waals surface area contributed by atoms with Crippen LogP contribution in [0.15, 0.2) is 43.1 Å². The lowest BCUT2D eigenvalue weighted by molar-refractivity contribution is -0.173. The van der Waals surface area contributed by atoms with E-state index in [1.807, 2.05) is 30.3 Å². The second kappa shape index (κ2) is 9.67. The zero-order valence-electron chi connectivity index (χ0n) is 19.7. The Hall–Kier alpha value is -2.44. The molecule has 1 aromatic heterocycles. The van der Waals surface area contributed by atoms with Crippen LogP contribution in [0, 0.1) is 0 Å². The minimum absolute atomic E-state index is 0.0803. The Kier molecular flexibility index (Phi) is 6.63. The van der Waals surface area contributed by atoms with Crippen molar-refractivity contribution >= 4 is 11.5 Å². The van der Waals surface area contributed by atoms with E-state index in [0.29, 0.717) is 23.5 Å². The molecule has 5 rings (SSSR count). The molecule has 2 aliphatic carbocycles. The minimum atomic E-state index is -4.37. The predicted molar refractivity (Wildman–Crippen MR) is 129 cm³/mol. The topological polar surface area (TPSA) is 33.1 Å². The normalized spacial score (nSPS) is 24.3. The van der Waals surface area contributed by atoms with Crippen molar-refractivity contribution in [3.05, 3.63) is 54.2 Å². The molecule has 1 aliphatic heterocycles. The van der Waals surface area contributed by atoms with Gasteiger partial charge in [0.2, 0.25) is 0 Å². The van der Waals surface area contributed by atoms with Gasteiger partial charge in [0.15, 0.2) is 6.04 Å². The zero-order chi connectivity index (χ0) is 23.7. The molecule has 7 heteroatoms. The minimum Gasteiger partial charge on any atom is -0.365 e. The summed E-state index contributed by atoms with van der Waals surface area (Å²) >= 11 is 0. The summed E-state index contributed by atoms with van der Waals surface area (Å²) in [5, 5.41) is 7.69. The molecule has 1 N–H and O–H groups in total. The summed E-state index contributed by atoms with van der Waals surface area (Å²) in [4.78, 5) is 2.48. The van der Waals surface area contributed by atoms with Gasteiger partial charge in [-0.2, -0.15) is 18.3 Å². The third-order valence-corrected chi connectivity index (χ3v) is 8.00. The fourth-order valence-corrected chi connectivity index (χ4v) is 6.27. The SMILES string of the molecule is C=C(c1cnn2c1NC(c1ccccc1)CC2C(F)(F)F)N(C1CCCCC1)C1CCCCC1. The highest BCUT2D eigenvalue weighted by atomic mass is 19.4. The van der Waals surface area contributed by atoms with Gasteiger partial charge < -0.3 is 10.2 Å². The quantitative estimate of drug-likeness (QED) is 0.490. The molecule has 0 bridgehead atoms. The number of hydrogen-bond acceptors (Lipinski definition) is 3. The van der Waals surface area contributed by atoms with E-state index in [2.05, 4.69) is 21.9 Å². The van der Waals surface area contributed by atoms with Crippen molar-refractivity contribution in [3.8, 4) is 0 Å². The maximum atomic E-state index is 14.1. The van der Waals surface area contributed by atoms with Gasteiger partial charge in [0.05, 0.1) is 17.8 Å². The number of alkyl halides is 3. The smallest absolute Gasteiger partial charge is 0.365 e. The Balaban J connectivity index is 1.51. The number of anilines is 1. The van der Waals surface area contributed by atoms with E-state index < -0.39 is 18.3 Å². The average molecular weight is 473 g/mol. The van der Waals surface area contributed by atoms with Gasteiger partial charge in [-0.3, -0.25) is 0 Å². The summed E-state index contributed by atoms with van der Waals surface area (Å²) in [6.45, 7) is 4.49. The van der Waals surface area contributed by atoms with Crippen molar-refractivity contribution < 1.29 is 13.2 Å². The molecular formula is C27H35F3N4. The Morgan fingerprint density at radius 3 is 2.09 bits per heavy atom. The van der Waals surface area contributed by atoms with Crippen LogP contribution in [-0.4, -0.2) is 32.9 Å². The van der Waals surface area contributed by atoms with Crippen LogP contribution in [0.3, 0.4) is 0 Å². The van der Waals surface area contributed by atoms with Crippen molar-refractivity contribution in [2.24, 2.45) is 0 Å². The first kappa shape index (κ1) is 23.3. The van der Waals surface area contributed by atoms with Crippen LogP contribution in [0.25, 0.3) is 5.70 Å². The summed E-state index contributed by atoms with van der Waals surface area (Å²) in [5.74, 6) is 0.448. The summed E-state index contributed by atoms with van der Waals surface area (Å²) in [6.07, 6.45) is 9.02. The highest BCUT2D eigenvalue weighted by Gasteiger charge is 2.47. The number of benzene rings is 1. The number of rotatable bonds is 5. The molecule has 0 spiro atoms. The monoisotopic (exact) mass is 472 g/mol. The zero-order valence-corrected chi connectivity index (χ0v) is 19.7. The molecule has 3 aliphatic rings. The summed E-state index contributed by atoms with van der Waals surface area (Å²) < 4.78 is 43.6. The standard InChI is InChI=1S/C27H35F3N4/c1-19(33(21-13-7-3-8-14-21)22-15-9-4-10-16-22)23-18-31-34-25(27(28,29)30)17-24(32-26(23)34)20-11-5-2-6-12-20/h2,5-6,11-12,18,21-22,24-25,32H,1,3-4,7-10,13-17H2. The van der Waals surface area contributed by atoms with Crippen molar-refractivity contribution in [3.63, 3.8) is 0 Å². The van der Waals surface area contributed by atoms with Gasteiger partial charge >= 0.3 is 6.18 Å². The van der Waals surface area contributed by atoms with Crippen LogP contribution in [0.1, 0.15) is 93.8 Å². The van der Waals surface area contributed by atoms with Gasteiger partial charge in [-0.1, -0.05) is 75.4 Å². The second-order valence-corrected chi connectivity index (χ2v) is 10.2. The molecule has 2 heterocycles. The van der Waals surface area contributed by atoms with E-state index in [9.17, 15) is 13.2 Å². The molecule has 2 aromatic rings.